The Morgan fingerprint density at radius 1 is 1.64 bits per heavy atom. The Hall–Kier alpha value is -0.180. The van der Waals surface area contributed by atoms with Crippen LogP contribution in [0.5, 0.6) is 0 Å². The van der Waals surface area contributed by atoms with Gasteiger partial charge in [0, 0.05) is 6.04 Å². The zero-order chi connectivity index (χ0) is 10.8. The summed E-state index contributed by atoms with van der Waals surface area (Å²) in [6.45, 7) is 6.44. The van der Waals surface area contributed by atoms with E-state index in [4.69, 9.17) is 0 Å². The van der Waals surface area contributed by atoms with Crippen LogP contribution in [-0.2, 0) is 4.79 Å². The molecule has 2 atom stereocenters. The largest absolute Gasteiger partial charge is 0.352 e. The number of hydrogen-bond donors (Lipinski definition) is 2. The molecule has 1 aliphatic carbocycles. The molecule has 2 unspecified atom stereocenters. The normalized spacial score (nSPS) is 27.3. The highest BCUT2D eigenvalue weighted by atomic mass is 32.1. The predicted octanol–water partition coefficient (Wildman–Crippen LogP) is 2.39. The van der Waals surface area contributed by atoms with Gasteiger partial charge in [0.1, 0.15) is 0 Å². The highest BCUT2D eigenvalue weighted by Crippen LogP contribution is 2.37. The maximum absolute atomic E-state index is 11.6. The van der Waals surface area contributed by atoms with Crippen molar-refractivity contribution in [3.05, 3.63) is 0 Å². The van der Waals surface area contributed by atoms with Gasteiger partial charge in [-0.3, -0.25) is 4.79 Å². The minimum atomic E-state index is -0.147. The second-order valence-corrected chi connectivity index (χ2v) is 5.49. The molecule has 0 saturated heterocycles. The smallest absolute Gasteiger partial charge is 0.233 e. The topological polar surface area (TPSA) is 29.1 Å². The van der Waals surface area contributed by atoms with E-state index in [9.17, 15) is 4.79 Å². The molecule has 1 rings (SSSR count). The Morgan fingerprint density at radius 2 is 2.29 bits per heavy atom. The summed E-state index contributed by atoms with van der Waals surface area (Å²) in [4.78, 5) is 11.6. The summed E-state index contributed by atoms with van der Waals surface area (Å²) in [6, 6.07) is 0.344. The summed E-state index contributed by atoms with van der Waals surface area (Å²) < 4.78 is 0. The Morgan fingerprint density at radius 3 is 2.71 bits per heavy atom. The van der Waals surface area contributed by atoms with Crippen molar-refractivity contribution in [2.45, 2.75) is 57.7 Å². The maximum atomic E-state index is 11.6. The Balaban J connectivity index is 2.48. The molecule has 0 radical (unpaired) electrons. The first-order valence-corrected chi connectivity index (χ1v) is 5.97. The summed E-state index contributed by atoms with van der Waals surface area (Å²) in [5, 5.41) is 2.96. The summed E-state index contributed by atoms with van der Waals surface area (Å²) in [7, 11) is 0. The molecule has 1 aliphatic rings. The molecule has 2 nitrogen and oxygen atoms in total. The van der Waals surface area contributed by atoms with Gasteiger partial charge in [-0.2, -0.15) is 12.6 Å². The molecular weight excluding hydrogens is 194 g/mol. The molecule has 0 aromatic carbocycles. The van der Waals surface area contributed by atoms with E-state index in [1.165, 1.54) is 12.8 Å². The van der Waals surface area contributed by atoms with Gasteiger partial charge in [-0.1, -0.05) is 27.2 Å². The zero-order valence-corrected chi connectivity index (χ0v) is 10.2. The van der Waals surface area contributed by atoms with Crippen molar-refractivity contribution < 1.29 is 4.79 Å². The van der Waals surface area contributed by atoms with E-state index in [-0.39, 0.29) is 16.6 Å². The van der Waals surface area contributed by atoms with E-state index < -0.39 is 0 Å². The molecule has 0 aromatic heterocycles. The molecular formula is C11H21NOS. The van der Waals surface area contributed by atoms with Gasteiger partial charge in [-0.05, 0) is 24.7 Å². The fourth-order valence-corrected chi connectivity index (χ4v) is 2.12. The minimum Gasteiger partial charge on any atom is -0.352 e. The van der Waals surface area contributed by atoms with E-state index >= 15 is 0 Å². The highest BCUT2D eigenvalue weighted by Gasteiger charge is 2.35. The van der Waals surface area contributed by atoms with Crippen molar-refractivity contribution in [1.29, 1.82) is 0 Å². The van der Waals surface area contributed by atoms with Crippen LogP contribution in [0.2, 0.25) is 0 Å². The van der Waals surface area contributed by atoms with E-state index in [1.807, 2.05) is 6.92 Å². The van der Waals surface area contributed by atoms with Crippen LogP contribution in [0.4, 0.5) is 0 Å². The maximum Gasteiger partial charge on any atom is 0.233 e. The van der Waals surface area contributed by atoms with Crippen molar-refractivity contribution >= 4 is 18.5 Å². The lowest BCUT2D eigenvalue weighted by molar-refractivity contribution is -0.121. The van der Waals surface area contributed by atoms with E-state index in [2.05, 4.69) is 31.8 Å². The minimum absolute atomic E-state index is 0.0933. The summed E-state index contributed by atoms with van der Waals surface area (Å²) in [5.41, 5.74) is 0.261. The molecule has 0 spiro atoms. The third-order valence-corrected chi connectivity index (χ3v) is 3.86. The fraction of sp³-hybridized carbons (Fsp3) is 0.909. The van der Waals surface area contributed by atoms with Gasteiger partial charge in [-0.15, -0.1) is 0 Å². The predicted molar refractivity (Wildman–Crippen MR) is 62.6 cm³/mol. The van der Waals surface area contributed by atoms with Gasteiger partial charge in [-0.25, -0.2) is 0 Å². The first kappa shape index (κ1) is 11.9. The average Bonchev–Trinajstić information content (AvgIpc) is 2.44. The molecule has 1 fully saturated rings. The summed E-state index contributed by atoms with van der Waals surface area (Å²) in [5.74, 6) is 0.0933. The molecule has 1 amide bonds. The van der Waals surface area contributed by atoms with Crippen LogP contribution < -0.4 is 5.32 Å². The molecule has 82 valence electrons. The average molecular weight is 215 g/mol. The Labute approximate surface area is 92.2 Å². The number of carbonyl (C=O) groups excluding carboxylic acids is 1. The monoisotopic (exact) mass is 215 g/mol. The summed E-state index contributed by atoms with van der Waals surface area (Å²) >= 11 is 4.24. The number of thiol groups is 1. The summed E-state index contributed by atoms with van der Waals surface area (Å²) in [6.07, 6.45) is 4.34. The van der Waals surface area contributed by atoms with Crippen LogP contribution in [0.25, 0.3) is 0 Å². The second-order valence-electron chi connectivity index (χ2n) is 4.87. The van der Waals surface area contributed by atoms with E-state index in [1.54, 1.807) is 0 Å². The molecule has 1 N–H and O–H groups in total. The lowest BCUT2D eigenvalue weighted by Crippen LogP contribution is -2.44. The third-order valence-electron chi connectivity index (χ3n) is 3.26. The van der Waals surface area contributed by atoms with E-state index in [0.717, 1.165) is 12.8 Å². The number of carbonyl (C=O) groups is 1. The number of rotatable bonds is 3. The lowest BCUT2D eigenvalue weighted by Gasteiger charge is -2.28. The number of amides is 1. The standard InChI is InChI=1S/C11H21NOS/c1-4-8(14)10(13)12-9-6-5-7-11(9,2)3/h8-9,14H,4-7H2,1-3H3,(H,12,13). The van der Waals surface area contributed by atoms with Gasteiger partial charge >= 0.3 is 0 Å². The van der Waals surface area contributed by atoms with Crippen molar-refractivity contribution in [3.63, 3.8) is 0 Å². The van der Waals surface area contributed by atoms with Crippen molar-refractivity contribution in [2.75, 3.05) is 0 Å². The molecule has 0 heterocycles. The van der Waals surface area contributed by atoms with Crippen molar-refractivity contribution in [3.8, 4) is 0 Å². The van der Waals surface area contributed by atoms with Crippen LogP contribution in [0, 0.1) is 5.41 Å². The first-order chi connectivity index (χ1) is 6.47. The van der Waals surface area contributed by atoms with Crippen LogP contribution in [0.3, 0.4) is 0 Å². The molecule has 0 bridgehead atoms. The van der Waals surface area contributed by atoms with Crippen molar-refractivity contribution in [2.24, 2.45) is 5.41 Å². The Kier molecular flexibility index (Phi) is 3.87. The first-order valence-electron chi connectivity index (χ1n) is 5.46. The zero-order valence-electron chi connectivity index (χ0n) is 9.34. The second kappa shape index (κ2) is 4.56. The van der Waals surface area contributed by atoms with Crippen LogP contribution >= 0.6 is 12.6 Å². The van der Waals surface area contributed by atoms with Gasteiger partial charge in [0.25, 0.3) is 0 Å². The molecule has 14 heavy (non-hydrogen) atoms. The SMILES string of the molecule is CCC(S)C(=O)NC1CCCC1(C)C. The van der Waals surface area contributed by atoms with Crippen LogP contribution in [0.15, 0.2) is 0 Å². The fourth-order valence-electron chi connectivity index (χ4n) is 2.05. The highest BCUT2D eigenvalue weighted by molar-refractivity contribution is 7.81. The molecule has 3 heteroatoms. The van der Waals surface area contributed by atoms with Crippen LogP contribution in [0.1, 0.15) is 46.5 Å². The quantitative estimate of drug-likeness (QED) is 0.695. The van der Waals surface area contributed by atoms with Crippen LogP contribution in [-0.4, -0.2) is 17.2 Å². The molecule has 0 aliphatic heterocycles. The van der Waals surface area contributed by atoms with Gasteiger partial charge in [0.15, 0.2) is 0 Å². The molecule has 1 saturated carbocycles. The van der Waals surface area contributed by atoms with E-state index in [0.29, 0.717) is 6.04 Å². The Bertz CT molecular complexity index is 215. The number of nitrogens with one attached hydrogen (secondary N) is 1. The van der Waals surface area contributed by atoms with Gasteiger partial charge in [0.05, 0.1) is 5.25 Å². The lowest BCUT2D eigenvalue weighted by atomic mass is 9.87. The van der Waals surface area contributed by atoms with Gasteiger partial charge < -0.3 is 5.32 Å². The van der Waals surface area contributed by atoms with Crippen molar-refractivity contribution in [1.82, 2.24) is 5.32 Å². The molecule has 0 aromatic rings. The van der Waals surface area contributed by atoms with Gasteiger partial charge in [0.2, 0.25) is 5.91 Å². The number of hydrogen-bond acceptors (Lipinski definition) is 2. The third kappa shape index (κ3) is 2.66.